The van der Waals surface area contributed by atoms with E-state index < -0.39 is 0 Å². The second-order valence-corrected chi connectivity index (χ2v) is 12.7. The molecule has 0 amide bonds. The lowest BCUT2D eigenvalue weighted by molar-refractivity contribution is 0.288. The highest BCUT2D eigenvalue weighted by molar-refractivity contribution is 6.32. The molecule has 10 nitrogen and oxygen atoms in total. The van der Waals surface area contributed by atoms with E-state index in [1.807, 2.05) is 48.5 Å². The molecular formula is C38H35Cl3N8O2. The summed E-state index contributed by atoms with van der Waals surface area (Å²) in [5, 5.41) is 0.897. The van der Waals surface area contributed by atoms with Gasteiger partial charge in [0.25, 0.3) is 0 Å². The summed E-state index contributed by atoms with van der Waals surface area (Å²) in [6, 6.07) is 15.4. The van der Waals surface area contributed by atoms with Crippen LogP contribution in [0.4, 0.5) is 0 Å². The van der Waals surface area contributed by atoms with Gasteiger partial charge in [-0.2, -0.15) is 0 Å². The number of rotatable bonds is 8. The Kier molecular flexibility index (Phi) is 12.3. The number of fused-ring (bicyclic) bond motifs is 2. The minimum Gasteiger partial charge on any atom is -0.471 e. The van der Waals surface area contributed by atoms with Crippen molar-refractivity contribution in [1.29, 1.82) is 0 Å². The monoisotopic (exact) mass is 740 g/mol. The predicted molar refractivity (Wildman–Crippen MR) is 198 cm³/mol. The van der Waals surface area contributed by atoms with E-state index in [2.05, 4.69) is 29.9 Å². The number of aryl methyl sites for hydroxylation is 2. The summed E-state index contributed by atoms with van der Waals surface area (Å²) in [5.41, 5.74) is 10.0. The zero-order chi connectivity index (χ0) is 34.1. The van der Waals surface area contributed by atoms with Crippen LogP contribution in [0.25, 0.3) is 22.3 Å². The number of hydrogen-bond donors (Lipinski definition) is 0. The second-order valence-electron chi connectivity index (χ2n) is 12.0. The Morgan fingerprint density at radius 2 is 1.00 bits per heavy atom. The fourth-order valence-corrected chi connectivity index (χ4v) is 6.63. The average molecular weight is 742 g/mol. The van der Waals surface area contributed by atoms with E-state index in [0.717, 1.165) is 96.4 Å². The number of nitrogens with zero attached hydrogens (tertiary/aromatic N) is 8. The Morgan fingerprint density at radius 1 is 0.549 bits per heavy atom. The van der Waals surface area contributed by atoms with Gasteiger partial charge in [-0.1, -0.05) is 35.3 Å². The van der Waals surface area contributed by atoms with Crippen molar-refractivity contribution in [3.63, 3.8) is 0 Å². The van der Waals surface area contributed by atoms with E-state index in [9.17, 15) is 0 Å². The molecule has 13 heteroatoms. The van der Waals surface area contributed by atoms with Crippen LogP contribution in [0.3, 0.4) is 0 Å². The van der Waals surface area contributed by atoms with Gasteiger partial charge >= 0.3 is 0 Å². The summed E-state index contributed by atoms with van der Waals surface area (Å²) in [4.78, 5) is 34.5. The fraction of sp³-hybridized carbons (Fsp3) is 0.263. The molecule has 0 unspecified atom stereocenters. The maximum absolute atomic E-state index is 6.30. The molecule has 0 radical (unpaired) electrons. The van der Waals surface area contributed by atoms with Gasteiger partial charge in [-0.15, -0.1) is 12.4 Å². The Bertz CT molecular complexity index is 1920. The quantitative estimate of drug-likeness (QED) is 0.140. The number of hydrogen-bond acceptors (Lipinski definition) is 10. The van der Waals surface area contributed by atoms with E-state index in [0.29, 0.717) is 35.3 Å². The van der Waals surface area contributed by atoms with E-state index in [4.69, 9.17) is 42.6 Å². The zero-order valence-corrected chi connectivity index (χ0v) is 30.0. The number of halogens is 3. The van der Waals surface area contributed by atoms with Crippen LogP contribution in [0, 0.1) is 0 Å². The van der Waals surface area contributed by atoms with Crippen LogP contribution in [-0.2, 0) is 38.9 Å². The number of pyridine rings is 4. The summed E-state index contributed by atoms with van der Waals surface area (Å²) in [7, 11) is 0. The largest absolute Gasteiger partial charge is 0.471 e. The maximum Gasteiger partial charge on any atom is 0.214 e. The molecule has 6 aromatic heterocycles. The summed E-state index contributed by atoms with van der Waals surface area (Å²) >= 11 is 12.6. The lowest BCUT2D eigenvalue weighted by atomic mass is 9.90. The molecule has 0 saturated carbocycles. The maximum atomic E-state index is 6.30. The Morgan fingerprint density at radius 3 is 1.41 bits per heavy atom. The van der Waals surface area contributed by atoms with E-state index in [1.165, 1.54) is 23.8 Å². The lowest BCUT2D eigenvalue weighted by Crippen LogP contribution is -2.09. The highest BCUT2D eigenvalue weighted by Gasteiger charge is 2.21. The first-order chi connectivity index (χ1) is 24.6. The van der Waals surface area contributed by atoms with Crippen molar-refractivity contribution in [2.45, 2.75) is 64.6 Å². The van der Waals surface area contributed by atoms with Crippen LogP contribution in [0.2, 0.25) is 10.3 Å². The normalized spacial score (nSPS) is 13.1. The molecule has 2 aliphatic carbocycles. The third-order valence-electron chi connectivity index (χ3n) is 8.65. The molecule has 0 aliphatic heterocycles. The topological polar surface area (TPSA) is 122 Å². The molecule has 6 aromatic rings. The van der Waals surface area contributed by atoms with Gasteiger partial charge in [0.1, 0.15) is 36.2 Å². The molecule has 0 spiro atoms. The second kappa shape index (κ2) is 17.4. The molecule has 0 fully saturated rings. The van der Waals surface area contributed by atoms with Crippen molar-refractivity contribution in [3.8, 4) is 34.0 Å². The molecule has 0 atom stereocenters. The molecule has 0 bridgehead atoms. The minimum absolute atomic E-state index is 0. The molecular weight excluding hydrogens is 707 g/mol. The van der Waals surface area contributed by atoms with Gasteiger partial charge in [0.2, 0.25) is 11.8 Å². The van der Waals surface area contributed by atoms with Crippen molar-refractivity contribution in [1.82, 2.24) is 39.9 Å². The number of aromatic nitrogens is 8. The van der Waals surface area contributed by atoms with Crippen LogP contribution in [0.5, 0.6) is 11.8 Å². The van der Waals surface area contributed by atoms with Crippen LogP contribution < -0.4 is 9.47 Å². The van der Waals surface area contributed by atoms with Crippen LogP contribution >= 0.6 is 35.6 Å². The van der Waals surface area contributed by atoms with Crippen molar-refractivity contribution in [2.24, 2.45) is 0 Å². The van der Waals surface area contributed by atoms with Gasteiger partial charge < -0.3 is 9.47 Å². The van der Waals surface area contributed by atoms with E-state index in [-0.39, 0.29) is 12.4 Å². The summed E-state index contributed by atoms with van der Waals surface area (Å²) in [6.07, 6.45) is 18.4. The van der Waals surface area contributed by atoms with Crippen molar-refractivity contribution < 1.29 is 9.47 Å². The molecule has 260 valence electrons. The van der Waals surface area contributed by atoms with Gasteiger partial charge in [-0.25, -0.2) is 29.9 Å². The molecule has 0 saturated heterocycles. The van der Waals surface area contributed by atoms with Crippen LogP contribution in [0.15, 0.2) is 86.0 Å². The SMILES string of the molecule is Cl.Clc1ncncc1-c1cc(OCc2ccccn2)nc2c1CCCC2.Clc1ncncc1-c1cc(OCc2ccccn2)nc2c1CCCC2. The molecule has 0 aromatic carbocycles. The van der Waals surface area contributed by atoms with Gasteiger partial charge in [0.05, 0.1) is 11.4 Å². The summed E-state index contributed by atoms with van der Waals surface area (Å²) < 4.78 is 11.8. The first-order valence-corrected chi connectivity index (χ1v) is 17.4. The van der Waals surface area contributed by atoms with E-state index >= 15 is 0 Å². The highest BCUT2D eigenvalue weighted by atomic mass is 35.5. The third-order valence-corrected chi connectivity index (χ3v) is 9.25. The van der Waals surface area contributed by atoms with Crippen molar-refractivity contribution >= 4 is 35.6 Å². The minimum atomic E-state index is 0. The van der Waals surface area contributed by atoms with Crippen LogP contribution in [0.1, 0.15) is 59.6 Å². The Hall–Kier alpha value is -4.77. The zero-order valence-electron chi connectivity index (χ0n) is 27.7. The van der Waals surface area contributed by atoms with Gasteiger partial charge in [-0.05, 0) is 97.9 Å². The number of ether oxygens (including phenoxy) is 2. The molecule has 51 heavy (non-hydrogen) atoms. The molecule has 6 heterocycles. The smallest absolute Gasteiger partial charge is 0.214 e. The van der Waals surface area contributed by atoms with Crippen molar-refractivity contribution in [2.75, 3.05) is 0 Å². The highest BCUT2D eigenvalue weighted by Crippen LogP contribution is 2.37. The standard InChI is InChI=1S/2C19H17ClN4O.ClH/c2*20-19-16(10-21-12-23-19)15-9-18(24-17-7-2-1-6-14(15)17)25-11-13-5-3-4-8-22-13;/h2*3-5,8-10,12H,1-2,6-7,11H2;1H. The van der Waals surface area contributed by atoms with Gasteiger partial charge in [0, 0.05) is 59.4 Å². The predicted octanol–water partition coefficient (Wildman–Crippen LogP) is 8.51. The van der Waals surface area contributed by atoms with Crippen molar-refractivity contribution in [3.05, 3.63) is 130 Å². The first-order valence-electron chi connectivity index (χ1n) is 16.6. The average Bonchev–Trinajstić information content (AvgIpc) is 3.17. The third kappa shape index (κ3) is 8.94. The lowest BCUT2D eigenvalue weighted by Gasteiger charge is -2.20. The molecule has 0 N–H and O–H groups in total. The van der Waals surface area contributed by atoms with Gasteiger partial charge in [-0.3, -0.25) is 9.97 Å². The molecule has 8 rings (SSSR count). The summed E-state index contributed by atoms with van der Waals surface area (Å²) in [6.45, 7) is 0.760. The summed E-state index contributed by atoms with van der Waals surface area (Å²) in [5.74, 6) is 1.17. The Balaban J connectivity index is 0.000000172. The Labute approximate surface area is 312 Å². The molecule has 2 aliphatic rings. The fourth-order valence-electron chi connectivity index (χ4n) is 6.24. The van der Waals surface area contributed by atoms with E-state index in [1.54, 1.807) is 24.8 Å². The first kappa shape index (κ1) is 36.0. The van der Waals surface area contributed by atoms with Crippen LogP contribution in [-0.4, -0.2) is 39.9 Å². The van der Waals surface area contributed by atoms with Gasteiger partial charge in [0.15, 0.2) is 0 Å².